The minimum atomic E-state index is 0.212. The summed E-state index contributed by atoms with van der Waals surface area (Å²) >= 11 is 0. The van der Waals surface area contributed by atoms with Gasteiger partial charge in [-0.1, -0.05) is 19.9 Å². The highest BCUT2D eigenvalue weighted by Crippen LogP contribution is 2.42. The Labute approximate surface area is 167 Å². The molecule has 0 spiro atoms. The van der Waals surface area contributed by atoms with Crippen molar-refractivity contribution in [1.29, 1.82) is 5.26 Å². The molecule has 1 aromatic heterocycles. The number of benzene rings is 1. The van der Waals surface area contributed by atoms with E-state index in [1.165, 1.54) is 5.56 Å². The van der Waals surface area contributed by atoms with Crippen molar-refractivity contribution in [2.75, 3.05) is 13.7 Å². The number of nitrogens with zero attached hydrogens (tertiary/aromatic N) is 1. The monoisotopic (exact) mass is 382 g/mol. The fraction of sp³-hybridized carbons (Fsp3) is 0.522. The number of aryl methyl sites for hydroxylation is 1. The highest BCUT2D eigenvalue weighted by atomic mass is 16.5. The molecular weight excluding hydrogens is 352 g/mol. The van der Waals surface area contributed by atoms with E-state index in [1.54, 1.807) is 7.11 Å². The molecule has 1 unspecified atom stereocenters. The van der Waals surface area contributed by atoms with Gasteiger partial charge in [0.15, 0.2) is 11.5 Å². The summed E-state index contributed by atoms with van der Waals surface area (Å²) in [4.78, 5) is 0. The van der Waals surface area contributed by atoms with E-state index in [1.807, 2.05) is 19.1 Å². The zero-order valence-electron chi connectivity index (χ0n) is 17.3. The smallest absolute Gasteiger partial charge is 0.161 e. The Morgan fingerprint density at radius 3 is 2.86 bits per heavy atom. The van der Waals surface area contributed by atoms with Gasteiger partial charge in [-0.05, 0) is 48.9 Å². The van der Waals surface area contributed by atoms with Crippen LogP contribution < -0.4 is 14.8 Å². The normalized spacial score (nSPS) is 17.6. The number of ether oxygens (including phenoxy) is 2. The van der Waals surface area contributed by atoms with Crippen molar-refractivity contribution in [3.8, 4) is 17.6 Å². The number of unbranched alkanes of at least 4 members (excludes halogenated alkanes) is 1. The molecule has 5 nitrogen and oxygen atoms in total. The zero-order chi connectivity index (χ0) is 20.1. The van der Waals surface area contributed by atoms with Crippen molar-refractivity contribution in [3.05, 3.63) is 46.9 Å². The van der Waals surface area contributed by atoms with Crippen LogP contribution in [0.25, 0.3) is 0 Å². The highest BCUT2D eigenvalue weighted by Gasteiger charge is 2.34. The van der Waals surface area contributed by atoms with Crippen LogP contribution in [0.2, 0.25) is 0 Å². The molecule has 1 heterocycles. The third-order valence-corrected chi connectivity index (χ3v) is 5.21. The Bertz CT molecular complexity index is 848. The van der Waals surface area contributed by atoms with Gasteiger partial charge in [-0.15, -0.1) is 0 Å². The molecule has 0 saturated carbocycles. The molecule has 0 aliphatic heterocycles. The fourth-order valence-corrected chi connectivity index (χ4v) is 3.89. The second-order valence-corrected chi connectivity index (χ2v) is 8.31. The minimum absolute atomic E-state index is 0.212. The summed E-state index contributed by atoms with van der Waals surface area (Å²) in [5.74, 6) is 3.53. The highest BCUT2D eigenvalue weighted by molar-refractivity contribution is 5.43. The van der Waals surface area contributed by atoms with Crippen LogP contribution in [0.15, 0.2) is 28.7 Å². The average Bonchev–Trinajstić information content (AvgIpc) is 3.02. The van der Waals surface area contributed by atoms with Gasteiger partial charge in [0.05, 0.1) is 19.8 Å². The van der Waals surface area contributed by atoms with Crippen LogP contribution in [0.5, 0.6) is 11.5 Å². The van der Waals surface area contributed by atoms with Crippen molar-refractivity contribution in [3.63, 3.8) is 0 Å². The molecule has 0 bridgehead atoms. The van der Waals surface area contributed by atoms with E-state index >= 15 is 0 Å². The van der Waals surface area contributed by atoms with Gasteiger partial charge in [0.2, 0.25) is 0 Å². The average molecular weight is 383 g/mol. The van der Waals surface area contributed by atoms with Crippen LogP contribution in [-0.2, 0) is 13.0 Å². The summed E-state index contributed by atoms with van der Waals surface area (Å²) in [7, 11) is 1.64. The lowest BCUT2D eigenvalue weighted by atomic mass is 9.74. The standard InChI is InChI=1S/C23H30N2O3/c1-16-11-18-19(13-23(2,3)14-22(18)28-16)25-15-17-7-8-20(26-4)21(12-17)27-10-6-5-9-24/h7-8,11-12,19,25H,5-6,10,13-15H2,1-4H3. The molecule has 1 atom stereocenters. The first-order valence-electron chi connectivity index (χ1n) is 9.91. The molecule has 28 heavy (non-hydrogen) atoms. The van der Waals surface area contributed by atoms with Crippen molar-refractivity contribution in [2.24, 2.45) is 5.41 Å². The topological polar surface area (TPSA) is 67.4 Å². The predicted molar refractivity (Wildman–Crippen MR) is 108 cm³/mol. The Morgan fingerprint density at radius 2 is 2.11 bits per heavy atom. The number of nitrogens with one attached hydrogen (secondary N) is 1. The lowest BCUT2D eigenvalue weighted by Crippen LogP contribution is -2.32. The first-order chi connectivity index (χ1) is 13.4. The van der Waals surface area contributed by atoms with Gasteiger partial charge in [-0.3, -0.25) is 0 Å². The SMILES string of the molecule is COc1ccc(CNC2CC(C)(C)Cc3oc(C)cc32)cc1OCCCC#N. The van der Waals surface area contributed by atoms with E-state index in [9.17, 15) is 0 Å². The van der Waals surface area contributed by atoms with Gasteiger partial charge < -0.3 is 19.2 Å². The number of furan rings is 1. The summed E-state index contributed by atoms with van der Waals surface area (Å²) in [5, 5.41) is 12.4. The van der Waals surface area contributed by atoms with Crippen molar-refractivity contribution < 1.29 is 13.9 Å². The van der Waals surface area contributed by atoms with Crippen LogP contribution in [0.3, 0.4) is 0 Å². The van der Waals surface area contributed by atoms with Crippen molar-refractivity contribution in [2.45, 2.75) is 59.0 Å². The van der Waals surface area contributed by atoms with Crippen molar-refractivity contribution >= 4 is 0 Å². The van der Waals surface area contributed by atoms with E-state index in [0.29, 0.717) is 25.2 Å². The van der Waals surface area contributed by atoms with Crippen molar-refractivity contribution in [1.82, 2.24) is 5.32 Å². The molecule has 1 aliphatic carbocycles. The molecule has 0 radical (unpaired) electrons. The molecule has 0 saturated heterocycles. The lowest BCUT2D eigenvalue weighted by Gasteiger charge is -2.35. The maximum Gasteiger partial charge on any atom is 0.161 e. The summed E-state index contributed by atoms with van der Waals surface area (Å²) in [6.07, 6.45) is 3.26. The van der Waals surface area contributed by atoms with E-state index in [0.717, 1.165) is 42.2 Å². The van der Waals surface area contributed by atoms with E-state index in [4.69, 9.17) is 19.2 Å². The molecule has 5 heteroatoms. The first kappa shape index (κ1) is 20.3. The summed E-state index contributed by atoms with van der Waals surface area (Å²) in [6.45, 7) is 7.85. The lowest BCUT2D eigenvalue weighted by molar-refractivity contribution is 0.233. The van der Waals surface area contributed by atoms with Crippen LogP contribution in [0.4, 0.5) is 0 Å². The third kappa shape index (κ3) is 4.88. The second kappa shape index (κ2) is 8.70. The number of rotatable bonds is 8. The van der Waals surface area contributed by atoms with Crippen LogP contribution in [-0.4, -0.2) is 13.7 Å². The van der Waals surface area contributed by atoms with Crippen LogP contribution in [0, 0.1) is 23.7 Å². The Morgan fingerprint density at radius 1 is 1.29 bits per heavy atom. The summed E-state index contributed by atoms with van der Waals surface area (Å²) in [5.41, 5.74) is 2.64. The third-order valence-electron chi connectivity index (χ3n) is 5.21. The summed E-state index contributed by atoms with van der Waals surface area (Å²) < 4.78 is 17.2. The molecule has 150 valence electrons. The Balaban J connectivity index is 1.69. The number of hydrogen-bond donors (Lipinski definition) is 1. The molecule has 0 fully saturated rings. The van der Waals surface area contributed by atoms with E-state index in [-0.39, 0.29) is 11.5 Å². The number of fused-ring (bicyclic) bond motifs is 1. The van der Waals surface area contributed by atoms with E-state index < -0.39 is 0 Å². The molecule has 1 N–H and O–H groups in total. The van der Waals surface area contributed by atoms with Crippen LogP contribution in [0.1, 0.15) is 61.8 Å². The first-order valence-corrected chi connectivity index (χ1v) is 9.91. The van der Waals surface area contributed by atoms with E-state index in [2.05, 4.69) is 37.4 Å². The minimum Gasteiger partial charge on any atom is -0.493 e. The molecule has 2 aromatic rings. The number of methoxy groups -OCH3 is 1. The second-order valence-electron chi connectivity index (χ2n) is 8.31. The number of nitriles is 1. The number of hydrogen-bond acceptors (Lipinski definition) is 5. The van der Waals surface area contributed by atoms with Gasteiger partial charge in [0.25, 0.3) is 0 Å². The van der Waals surface area contributed by atoms with Gasteiger partial charge >= 0.3 is 0 Å². The largest absolute Gasteiger partial charge is 0.493 e. The molecule has 1 aliphatic rings. The quantitative estimate of drug-likeness (QED) is 0.645. The van der Waals surface area contributed by atoms with Gasteiger partial charge in [0.1, 0.15) is 11.5 Å². The molecule has 3 rings (SSSR count). The molecule has 1 aromatic carbocycles. The maximum absolute atomic E-state index is 8.66. The predicted octanol–water partition coefficient (Wildman–Crippen LogP) is 5.08. The van der Waals surface area contributed by atoms with Gasteiger partial charge in [-0.2, -0.15) is 5.26 Å². The molecular formula is C23H30N2O3. The van der Waals surface area contributed by atoms with Gasteiger partial charge in [-0.25, -0.2) is 0 Å². The Hall–Kier alpha value is -2.45. The fourth-order valence-electron chi connectivity index (χ4n) is 3.89. The Kier molecular flexibility index (Phi) is 6.31. The zero-order valence-corrected chi connectivity index (χ0v) is 17.3. The summed E-state index contributed by atoms with van der Waals surface area (Å²) in [6, 6.07) is 10.6. The maximum atomic E-state index is 8.66. The molecule has 0 amide bonds. The van der Waals surface area contributed by atoms with Crippen LogP contribution >= 0.6 is 0 Å². The van der Waals surface area contributed by atoms with Gasteiger partial charge in [0, 0.05) is 31.0 Å².